The fourth-order valence-electron chi connectivity index (χ4n) is 7.63. The Balaban J connectivity index is 1.69. The van der Waals surface area contributed by atoms with Crippen molar-refractivity contribution in [3.05, 3.63) is 0 Å². The summed E-state index contributed by atoms with van der Waals surface area (Å²) in [6.07, 6.45) is 2.11. The van der Waals surface area contributed by atoms with Crippen LogP contribution in [0.4, 0.5) is 0 Å². The average Bonchev–Trinajstić information content (AvgIpc) is 3.05. The van der Waals surface area contributed by atoms with Crippen molar-refractivity contribution in [2.75, 3.05) is 19.8 Å². The second-order valence-electron chi connectivity index (χ2n) is 9.73. The first-order valence-corrected chi connectivity index (χ1v) is 9.97. The van der Waals surface area contributed by atoms with Crippen LogP contribution >= 0.6 is 0 Å². The normalized spacial score (nSPS) is 53.7. The fraction of sp³-hybridized carbons (Fsp3) is 0.850. The Labute approximate surface area is 157 Å². The van der Waals surface area contributed by atoms with E-state index >= 15 is 0 Å². The molecular weight excluding hydrogens is 352 g/mol. The van der Waals surface area contributed by atoms with E-state index in [-0.39, 0.29) is 36.3 Å². The Morgan fingerprint density at radius 1 is 1.15 bits per heavy atom. The van der Waals surface area contributed by atoms with Crippen molar-refractivity contribution in [3.8, 4) is 0 Å². The maximum Gasteiger partial charge on any atom is 0.320 e. The number of ketones is 1. The maximum atomic E-state index is 13.3. The van der Waals surface area contributed by atoms with Crippen LogP contribution in [0.5, 0.6) is 0 Å². The van der Waals surface area contributed by atoms with Crippen LogP contribution in [0.1, 0.15) is 39.0 Å². The second-order valence-corrected chi connectivity index (χ2v) is 9.73. The van der Waals surface area contributed by atoms with Gasteiger partial charge in [-0.2, -0.15) is 0 Å². The third-order valence-electron chi connectivity index (χ3n) is 8.48. The number of aliphatic hydroxyl groups excluding tert-OH is 2. The third-order valence-corrected chi connectivity index (χ3v) is 8.48. The van der Waals surface area contributed by atoms with E-state index in [0.29, 0.717) is 25.9 Å². The van der Waals surface area contributed by atoms with Gasteiger partial charge in [-0.25, -0.2) is 0 Å². The van der Waals surface area contributed by atoms with E-state index in [2.05, 4.69) is 0 Å². The molecule has 2 aliphatic heterocycles. The predicted octanol–water partition coefficient (Wildman–Crippen LogP) is 0.457. The molecule has 0 aromatic rings. The third kappa shape index (κ3) is 1.87. The maximum absolute atomic E-state index is 13.3. The molecule has 2 N–H and O–H groups in total. The van der Waals surface area contributed by atoms with Crippen LogP contribution in [0, 0.1) is 39.9 Å². The molecule has 27 heavy (non-hydrogen) atoms. The number of carbonyl (C=O) groups is 3. The number of hydrogen-bond acceptors (Lipinski definition) is 7. The Hall–Kier alpha value is -1.47. The van der Waals surface area contributed by atoms with Gasteiger partial charge in [-0.3, -0.25) is 14.4 Å². The smallest absolute Gasteiger partial charge is 0.320 e. The Bertz CT molecular complexity index is 734. The number of carbonyl (C=O) groups excluding carboxylic acids is 3. The van der Waals surface area contributed by atoms with Crippen molar-refractivity contribution >= 4 is 17.7 Å². The van der Waals surface area contributed by atoms with E-state index in [4.69, 9.17) is 9.47 Å². The van der Waals surface area contributed by atoms with E-state index in [9.17, 15) is 24.6 Å². The molecule has 0 aromatic heterocycles. The molecule has 5 fully saturated rings. The molecule has 148 valence electrons. The van der Waals surface area contributed by atoms with Gasteiger partial charge < -0.3 is 19.7 Å². The minimum absolute atomic E-state index is 0.0480. The van der Waals surface area contributed by atoms with Gasteiger partial charge in [-0.05, 0) is 31.6 Å². The van der Waals surface area contributed by atoms with Gasteiger partial charge >= 0.3 is 11.9 Å². The number of cyclic esters (lactones) is 2. The summed E-state index contributed by atoms with van der Waals surface area (Å²) in [4.78, 5) is 39.1. The summed E-state index contributed by atoms with van der Waals surface area (Å²) in [6.45, 7) is 2.08. The monoisotopic (exact) mass is 378 g/mol. The molecule has 0 unspecified atom stereocenters. The van der Waals surface area contributed by atoms with Crippen molar-refractivity contribution in [3.63, 3.8) is 0 Å². The SMILES string of the molecule is C[C@@]12CCC[C@]3(COC(=O)[C@@]45C[C@@H](C[C@@H](O)[C@H]43)[C@@H](CO)C5=O)[C@@H]1C(=O)OC2. The zero-order valence-electron chi connectivity index (χ0n) is 15.5. The van der Waals surface area contributed by atoms with Crippen molar-refractivity contribution < 1.29 is 34.1 Å². The molecule has 2 spiro atoms. The molecule has 3 aliphatic carbocycles. The minimum Gasteiger partial charge on any atom is -0.465 e. The van der Waals surface area contributed by atoms with E-state index in [1.165, 1.54) is 0 Å². The van der Waals surface area contributed by atoms with E-state index in [1.807, 2.05) is 6.92 Å². The molecule has 2 saturated heterocycles. The van der Waals surface area contributed by atoms with Gasteiger partial charge in [0, 0.05) is 22.7 Å². The van der Waals surface area contributed by atoms with Crippen LogP contribution in [0.3, 0.4) is 0 Å². The lowest BCUT2D eigenvalue weighted by molar-refractivity contribution is -0.225. The zero-order chi connectivity index (χ0) is 19.2. The van der Waals surface area contributed by atoms with E-state index in [1.54, 1.807) is 0 Å². The summed E-state index contributed by atoms with van der Waals surface area (Å²) < 4.78 is 11.0. The lowest BCUT2D eigenvalue weighted by atomic mass is 9.44. The Morgan fingerprint density at radius 2 is 1.93 bits per heavy atom. The molecule has 2 bridgehead atoms. The lowest BCUT2D eigenvalue weighted by Gasteiger charge is -2.59. The molecule has 7 nitrogen and oxygen atoms in total. The zero-order valence-corrected chi connectivity index (χ0v) is 15.5. The summed E-state index contributed by atoms with van der Waals surface area (Å²) in [5, 5.41) is 20.9. The molecule has 0 amide bonds. The number of fused-ring (bicyclic) bond motifs is 4. The van der Waals surface area contributed by atoms with Crippen LogP contribution in [0.15, 0.2) is 0 Å². The number of esters is 2. The summed E-state index contributed by atoms with van der Waals surface area (Å²) in [5.41, 5.74) is -2.58. The van der Waals surface area contributed by atoms with Crippen LogP contribution in [0.2, 0.25) is 0 Å². The Kier molecular flexibility index (Phi) is 3.47. The first-order chi connectivity index (χ1) is 12.8. The first kappa shape index (κ1) is 17.6. The minimum atomic E-state index is -1.44. The summed E-state index contributed by atoms with van der Waals surface area (Å²) >= 11 is 0. The standard InChI is InChI=1S/C20H26O7/c1-18-3-2-4-19(14(18)16(24)26-8-18)9-27-17(25)20-6-10(5-12(22)13(19)20)11(7-21)15(20)23/h10-14,21-22H,2-9H2,1H3/t10-,11-,12-,13+,14-,18+,19-,20+/m1/s1. The molecule has 0 aromatic carbocycles. The molecule has 3 saturated carbocycles. The molecule has 0 radical (unpaired) electrons. The molecular formula is C20H26O7. The highest BCUT2D eigenvalue weighted by molar-refractivity contribution is 6.08. The van der Waals surface area contributed by atoms with Crippen molar-refractivity contribution in [2.24, 2.45) is 39.9 Å². The number of hydrogen-bond donors (Lipinski definition) is 2. The summed E-state index contributed by atoms with van der Waals surface area (Å²) in [5.74, 6) is -3.19. The van der Waals surface area contributed by atoms with Gasteiger partial charge in [0.25, 0.3) is 0 Å². The number of Topliss-reactive ketones (excluding diaryl/α,β-unsaturated/α-hetero) is 1. The first-order valence-electron chi connectivity index (χ1n) is 9.97. The van der Waals surface area contributed by atoms with Gasteiger partial charge in [-0.1, -0.05) is 13.3 Å². The number of aliphatic hydroxyl groups is 2. The van der Waals surface area contributed by atoms with Crippen LogP contribution in [-0.4, -0.2) is 53.9 Å². The van der Waals surface area contributed by atoms with Gasteiger partial charge in [0.1, 0.15) is 5.41 Å². The van der Waals surface area contributed by atoms with Crippen LogP contribution in [0.25, 0.3) is 0 Å². The van der Waals surface area contributed by atoms with Gasteiger partial charge in [0.2, 0.25) is 0 Å². The highest BCUT2D eigenvalue weighted by Gasteiger charge is 2.77. The molecule has 8 atom stereocenters. The largest absolute Gasteiger partial charge is 0.465 e. The van der Waals surface area contributed by atoms with Crippen molar-refractivity contribution in [1.82, 2.24) is 0 Å². The topological polar surface area (TPSA) is 110 Å². The molecule has 5 rings (SSSR count). The lowest BCUT2D eigenvalue weighted by Crippen LogP contribution is -2.67. The Morgan fingerprint density at radius 3 is 2.67 bits per heavy atom. The average molecular weight is 378 g/mol. The van der Waals surface area contributed by atoms with Gasteiger partial charge in [0.05, 0.1) is 31.8 Å². The predicted molar refractivity (Wildman–Crippen MR) is 90.0 cm³/mol. The second kappa shape index (κ2) is 5.32. The van der Waals surface area contributed by atoms with Crippen molar-refractivity contribution in [2.45, 2.75) is 45.1 Å². The number of ether oxygens (including phenoxy) is 2. The molecule has 2 heterocycles. The van der Waals surface area contributed by atoms with Crippen molar-refractivity contribution in [1.29, 1.82) is 0 Å². The van der Waals surface area contributed by atoms with Crippen LogP contribution in [-0.2, 0) is 23.9 Å². The molecule has 5 aliphatic rings. The van der Waals surface area contributed by atoms with Crippen LogP contribution < -0.4 is 0 Å². The fourth-order valence-corrected chi connectivity index (χ4v) is 7.63. The summed E-state index contributed by atoms with van der Waals surface area (Å²) in [7, 11) is 0. The highest BCUT2D eigenvalue weighted by Crippen LogP contribution is 2.69. The summed E-state index contributed by atoms with van der Waals surface area (Å²) in [6, 6.07) is 0. The van der Waals surface area contributed by atoms with E-state index < -0.39 is 40.7 Å². The van der Waals surface area contributed by atoms with E-state index in [0.717, 1.165) is 12.8 Å². The number of rotatable bonds is 1. The van der Waals surface area contributed by atoms with Gasteiger partial charge in [0.15, 0.2) is 5.78 Å². The highest BCUT2D eigenvalue weighted by atomic mass is 16.5. The quantitative estimate of drug-likeness (QED) is 0.504. The molecule has 7 heteroatoms. The van der Waals surface area contributed by atoms with Gasteiger partial charge in [-0.15, -0.1) is 0 Å².